The Labute approximate surface area is 276 Å². The Bertz CT molecular complexity index is 1940. The van der Waals surface area contributed by atoms with Crippen LogP contribution in [0.4, 0.5) is 16.3 Å². The second-order valence-corrected chi connectivity index (χ2v) is 12.7. The summed E-state index contributed by atoms with van der Waals surface area (Å²) < 4.78 is 51.8. The molecule has 0 bridgehead atoms. The largest absolute Gasteiger partial charge is 0.497 e. The van der Waals surface area contributed by atoms with Crippen molar-refractivity contribution in [2.24, 2.45) is 0 Å². The highest BCUT2D eigenvalue weighted by Crippen LogP contribution is 2.52. The summed E-state index contributed by atoms with van der Waals surface area (Å²) in [5.41, 5.74) is -2.41. The molecule has 4 heterocycles. The Morgan fingerprint density at radius 2 is 1.62 bits per heavy atom. The number of fused-ring (bicyclic) bond motifs is 1. The van der Waals surface area contributed by atoms with Gasteiger partial charge in [-0.05, 0) is 54.6 Å². The molecule has 47 heavy (non-hydrogen) atoms. The number of methoxy groups -OCH3 is 3. The molecule has 1 atom stereocenters. The second kappa shape index (κ2) is 12.6. The number of rotatable bonds is 8. The fourth-order valence-corrected chi connectivity index (χ4v) is 7.52. The van der Waals surface area contributed by atoms with E-state index < -0.39 is 27.6 Å². The molecule has 1 saturated heterocycles. The summed E-state index contributed by atoms with van der Waals surface area (Å²) in [5.74, 6) is -0.110. The molecule has 1 fully saturated rings. The minimum atomic E-state index is -4.70. The maximum Gasteiger partial charge on any atom is 0.411 e. The third-order valence-electron chi connectivity index (χ3n) is 8.03. The van der Waals surface area contributed by atoms with Crippen molar-refractivity contribution in [1.29, 1.82) is 0 Å². The zero-order valence-corrected chi connectivity index (χ0v) is 27.2. The van der Waals surface area contributed by atoms with E-state index in [4.69, 9.17) is 30.5 Å². The van der Waals surface area contributed by atoms with Crippen molar-refractivity contribution < 1.29 is 37.0 Å². The zero-order valence-electron chi connectivity index (χ0n) is 25.6. The van der Waals surface area contributed by atoms with E-state index in [9.17, 15) is 18.0 Å². The van der Waals surface area contributed by atoms with E-state index in [1.807, 2.05) is 23.1 Å². The van der Waals surface area contributed by atoms with E-state index >= 15 is 0 Å². The van der Waals surface area contributed by atoms with Crippen molar-refractivity contribution in [3.8, 4) is 17.4 Å². The van der Waals surface area contributed by atoms with Crippen molar-refractivity contribution in [2.75, 3.05) is 56.7 Å². The highest BCUT2D eigenvalue weighted by Gasteiger charge is 2.61. The van der Waals surface area contributed by atoms with Gasteiger partial charge in [0.05, 0.1) is 32.6 Å². The van der Waals surface area contributed by atoms with Crippen molar-refractivity contribution >= 4 is 45.1 Å². The average molecular weight is 680 g/mol. The standard InChI is InChI=1S/C32H30ClN5O8S/c1-43-22-10-12-27(26(20-22)44-2)47(41,42)38-25-11-9-21(33)19-24(25)32(30(38)39,23-7-6-14-35-29(23)45-3)46-31(40)37-17-15-36(16-18-37)28-8-4-5-13-34-28/h4-14,19-20H,15-18H2,1-3H3. The first-order valence-corrected chi connectivity index (χ1v) is 16.2. The number of pyridine rings is 2. The van der Waals surface area contributed by atoms with Gasteiger partial charge in [0.2, 0.25) is 5.88 Å². The lowest BCUT2D eigenvalue weighted by Gasteiger charge is -2.37. The van der Waals surface area contributed by atoms with Gasteiger partial charge in [0, 0.05) is 55.2 Å². The van der Waals surface area contributed by atoms with Crippen LogP contribution in [0, 0.1) is 0 Å². The summed E-state index contributed by atoms with van der Waals surface area (Å²) in [7, 11) is -0.633. The van der Waals surface area contributed by atoms with Crippen molar-refractivity contribution in [3.63, 3.8) is 0 Å². The first-order valence-electron chi connectivity index (χ1n) is 14.4. The Morgan fingerprint density at radius 3 is 2.30 bits per heavy atom. The summed E-state index contributed by atoms with van der Waals surface area (Å²) in [6.07, 6.45) is 2.28. The third kappa shape index (κ3) is 5.42. The number of hydrogen-bond donors (Lipinski definition) is 0. The molecule has 0 radical (unpaired) electrons. The molecule has 2 aliphatic rings. The van der Waals surface area contributed by atoms with E-state index in [1.165, 1.54) is 81.0 Å². The topological polar surface area (TPSA) is 141 Å². The molecule has 1 unspecified atom stereocenters. The van der Waals surface area contributed by atoms with Crippen LogP contribution in [-0.2, 0) is 25.2 Å². The molecule has 2 aromatic heterocycles. The van der Waals surface area contributed by atoms with Gasteiger partial charge in [-0.15, -0.1) is 0 Å². The van der Waals surface area contributed by atoms with E-state index in [2.05, 4.69) is 9.97 Å². The number of halogens is 1. The van der Waals surface area contributed by atoms with Gasteiger partial charge in [0.25, 0.3) is 21.5 Å². The minimum absolute atomic E-state index is 0.0101. The van der Waals surface area contributed by atoms with Gasteiger partial charge in [0.1, 0.15) is 22.2 Å². The van der Waals surface area contributed by atoms with Crippen molar-refractivity contribution in [3.05, 3.63) is 95.3 Å². The number of carbonyl (C=O) groups excluding carboxylic acids is 2. The number of carbonyl (C=O) groups is 2. The van der Waals surface area contributed by atoms with Crippen LogP contribution in [0.2, 0.25) is 5.02 Å². The lowest BCUT2D eigenvalue weighted by Crippen LogP contribution is -2.53. The molecule has 6 rings (SSSR count). The summed E-state index contributed by atoms with van der Waals surface area (Å²) in [4.78, 5) is 40.7. The highest BCUT2D eigenvalue weighted by molar-refractivity contribution is 7.93. The lowest BCUT2D eigenvalue weighted by molar-refractivity contribution is -0.132. The summed E-state index contributed by atoms with van der Waals surface area (Å²) in [5, 5.41) is 0.171. The highest BCUT2D eigenvalue weighted by atomic mass is 35.5. The fourth-order valence-electron chi connectivity index (χ4n) is 5.75. The molecule has 2 amide bonds. The molecule has 2 aliphatic heterocycles. The number of sulfonamides is 1. The maximum atomic E-state index is 14.9. The van der Waals surface area contributed by atoms with Crippen LogP contribution in [0.15, 0.2) is 84.0 Å². The average Bonchev–Trinajstić information content (AvgIpc) is 3.35. The van der Waals surface area contributed by atoms with E-state index in [0.29, 0.717) is 23.1 Å². The smallest absolute Gasteiger partial charge is 0.411 e. The number of amides is 2. The van der Waals surface area contributed by atoms with Gasteiger partial charge < -0.3 is 28.7 Å². The van der Waals surface area contributed by atoms with Crippen LogP contribution in [0.3, 0.4) is 0 Å². The van der Waals surface area contributed by atoms with Crippen LogP contribution in [-0.4, -0.2) is 82.8 Å². The Kier molecular flexibility index (Phi) is 8.55. The minimum Gasteiger partial charge on any atom is -0.497 e. The van der Waals surface area contributed by atoms with Crippen LogP contribution >= 0.6 is 11.6 Å². The molecule has 0 spiro atoms. The van der Waals surface area contributed by atoms with Gasteiger partial charge in [-0.25, -0.2) is 23.2 Å². The summed E-state index contributed by atoms with van der Waals surface area (Å²) >= 11 is 6.46. The third-order valence-corrected chi connectivity index (χ3v) is 10.00. The predicted octanol–water partition coefficient (Wildman–Crippen LogP) is 4.09. The fraction of sp³-hybridized carbons (Fsp3) is 0.250. The van der Waals surface area contributed by atoms with E-state index in [0.717, 1.165) is 5.82 Å². The van der Waals surface area contributed by atoms with Crippen LogP contribution in [0.1, 0.15) is 11.1 Å². The number of benzene rings is 2. The van der Waals surface area contributed by atoms with Gasteiger partial charge in [-0.3, -0.25) is 4.79 Å². The molecule has 2 aromatic carbocycles. The normalized spacial score (nSPS) is 17.7. The Morgan fingerprint density at radius 1 is 0.851 bits per heavy atom. The molecule has 0 saturated carbocycles. The van der Waals surface area contributed by atoms with Crippen molar-refractivity contribution in [1.82, 2.24) is 14.9 Å². The number of hydrogen-bond acceptors (Lipinski definition) is 11. The Hall–Kier alpha value is -5.08. The summed E-state index contributed by atoms with van der Waals surface area (Å²) in [6.45, 7) is 1.39. The molecule has 13 nitrogen and oxygen atoms in total. The first-order chi connectivity index (χ1) is 22.6. The number of piperazine rings is 1. The Balaban J connectivity index is 1.46. The second-order valence-electron chi connectivity index (χ2n) is 10.5. The van der Waals surface area contributed by atoms with Gasteiger partial charge in [-0.2, -0.15) is 4.31 Å². The number of anilines is 2. The van der Waals surface area contributed by atoms with Crippen molar-refractivity contribution in [2.45, 2.75) is 10.5 Å². The zero-order chi connectivity index (χ0) is 33.3. The quantitative estimate of drug-likeness (QED) is 0.266. The molecule has 244 valence electrons. The number of nitrogens with zero attached hydrogens (tertiary/aromatic N) is 5. The lowest BCUT2D eigenvalue weighted by atomic mass is 9.87. The molecular formula is C32H30ClN5O8S. The molecule has 15 heteroatoms. The predicted molar refractivity (Wildman–Crippen MR) is 172 cm³/mol. The van der Waals surface area contributed by atoms with E-state index in [1.54, 1.807) is 6.20 Å². The SMILES string of the molecule is COc1ccc(S(=O)(=O)N2C(=O)C(OC(=O)N3CCN(c4ccccn4)CC3)(c3cccnc3OC)c3cc(Cl)ccc32)c(OC)c1. The molecular weight excluding hydrogens is 650 g/mol. The van der Waals surface area contributed by atoms with Gasteiger partial charge in [0.15, 0.2) is 0 Å². The van der Waals surface area contributed by atoms with Crippen LogP contribution in [0.5, 0.6) is 17.4 Å². The molecule has 4 aromatic rings. The number of aromatic nitrogens is 2. The molecule has 0 aliphatic carbocycles. The van der Waals surface area contributed by atoms with Crippen LogP contribution in [0.25, 0.3) is 0 Å². The molecule has 0 N–H and O–H groups in total. The van der Waals surface area contributed by atoms with E-state index in [-0.39, 0.29) is 51.5 Å². The first kappa shape index (κ1) is 31.9. The maximum absolute atomic E-state index is 14.9. The van der Waals surface area contributed by atoms with Gasteiger partial charge in [-0.1, -0.05) is 17.7 Å². The van der Waals surface area contributed by atoms with Gasteiger partial charge >= 0.3 is 6.09 Å². The summed E-state index contributed by atoms with van der Waals surface area (Å²) in [6, 6.07) is 16.9. The number of ether oxygens (including phenoxy) is 4. The monoisotopic (exact) mass is 679 g/mol. The van der Waals surface area contributed by atoms with Crippen LogP contribution < -0.4 is 23.4 Å².